The molecule has 0 saturated carbocycles. The number of hydrogen-bond donors (Lipinski definition) is 1. The first kappa shape index (κ1) is 18.0. The van der Waals surface area contributed by atoms with Crippen LogP contribution in [0.25, 0.3) is 0 Å². The van der Waals surface area contributed by atoms with Gasteiger partial charge >= 0.3 is 0 Å². The van der Waals surface area contributed by atoms with Gasteiger partial charge < -0.3 is 10.2 Å². The lowest BCUT2D eigenvalue weighted by atomic mass is 10.2. The second kappa shape index (κ2) is 8.50. The lowest BCUT2D eigenvalue weighted by Crippen LogP contribution is -2.48. The summed E-state index contributed by atoms with van der Waals surface area (Å²) >= 11 is 1.70. The van der Waals surface area contributed by atoms with Gasteiger partial charge in [-0.25, -0.2) is 0 Å². The number of hydrogen-bond acceptors (Lipinski definition) is 4. The monoisotopic (exact) mass is 357 g/mol. The average molecular weight is 358 g/mol. The molecule has 134 valence electrons. The molecule has 1 aliphatic heterocycles. The minimum absolute atomic E-state index is 0.0756. The first-order valence-electron chi connectivity index (χ1n) is 9.03. The van der Waals surface area contributed by atoms with Crippen LogP contribution < -0.4 is 10.2 Å². The van der Waals surface area contributed by atoms with Gasteiger partial charge in [-0.05, 0) is 56.0 Å². The molecule has 1 amide bonds. The van der Waals surface area contributed by atoms with E-state index in [1.807, 2.05) is 23.6 Å². The van der Waals surface area contributed by atoms with Crippen molar-refractivity contribution < 1.29 is 4.79 Å². The Labute approximate surface area is 154 Å². The van der Waals surface area contributed by atoms with E-state index < -0.39 is 0 Å². The van der Waals surface area contributed by atoms with Gasteiger partial charge in [-0.15, -0.1) is 11.3 Å². The Morgan fingerprint density at radius 1 is 1.12 bits per heavy atom. The number of thiophene rings is 1. The van der Waals surface area contributed by atoms with Crippen LogP contribution in [0, 0.1) is 0 Å². The van der Waals surface area contributed by atoms with E-state index in [0.29, 0.717) is 12.5 Å². The number of carbonyl (C=O) groups is 1. The predicted molar refractivity (Wildman–Crippen MR) is 107 cm³/mol. The van der Waals surface area contributed by atoms with Crippen LogP contribution in [0.4, 0.5) is 11.4 Å². The number of benzene rings is 1. The third kappa shape index (κ3) is 5.06. The van der Waals surface area contributed by atoms with Gasteiger partial charge in [0.15, 0.2) is 0 Å². The highest BCUT2D eigenvalue weighted by atomic mass is 32.1. The Hall–Kier alpha value is -1.85. The van der Waals surface area contributed by atoms with Gasteiger partial charge in [-0.3, -0.25) is 9.69 Å². The van der Waals surface area contributed by atoms with Crippen molar-refractivity contribution >= 4 is 28.6 Å². The van der Waals surface area contributed by atoms with E-state index in [0.717, 1.165) is 38.3 Å². The molecule has 0 radical (unpaired) electrons. The molecular weight excluding hydrogens is 330 g/mol. The molecular formula is C20H27N3OS. The number of aryl methyl sites for hydroxylation is 1. The quantitative estimate of drug-likeness (QED) is 0.853. The highest BCUT2D eigenvalue weighted by Crippen LogP contribution is 2.20. The molecule has 1 saturated heterocycles. The minimum atomic E-state index is 0.0756. The van der Waals surface area contributed by atoms with E-state index in [-0.39, 0.29) is 5.91 Å². The maximum absolute atomic E-state index is 12.1. The fraction of sp³-hybridized carbons (Fsp3) is 0.450. The molecule has 25 heavy (non-hydrogen) atoms. The highest BCUT2D eigenvalue weighted by molar-refractivity contribution is 7.09. The molecule has 5 heteroatoms. The number of piperazine rings is 1. The highest BCUT2D eigenvalue weighted by Gasteiger charge is 2.18. The molecule has 0 atom stereocenters. The molecule has 1 fully saturated rings. The van der Waals surface area contributed by atoms with Crippen molar-refractivity contribution in [1.82, 2.24) is 4.90 Å². The van der Waals surface area contributed by atoms with Crippen LogP contribution in [0.3, 0.4) is 0 Å². The molecule has 0 aliphatic carbocycles. The van der Waals surface area contributed by atoms with Gasteiger partial charge in [-0.1, -0.05) is 6.07 Å². The van der Waals surface area contributed by atoms with Gasteiger partial charge in [0, 0.05) is 54.9 Å². The Morgan fingerprint density at radius 3 is 2.44 bits per heavy atom. The summed E-state index contributed by atoms with van der Waals surface area (Å²) in [6, 6.07) is 13.0. The Bertz CT molecular complexity index is 659. The summed E-state index contributed by atoms with van der Waals surface area (Å²) in [6.07, 6.45) is 1.33. The van der Waals surface area contributed by atoms with E-state index in [1.165, 1.54) is 10.6 Å². The minimum Gasteiger partial charge on any atom is -0.369 e. The Morgan fingerprint density at radius 2 is 1.84 bits per heavy atom. The van der Waals surface area contributed by atoms with Crippen LogP contribution in [-0.2, 0) is 11.2 Å². The first-order chi connectivity index (χ1) is 12.1. The normalized spacial score (nSPS) is 15.6. The SMILES string of the molecule is CC(C)N1CCN(c2ccc(NC(=O)CCc3cccs3)cc2)CC1. The van der Waals surface area contributed by atoms with Crippen molar-refractivity contribution in [3.63, 3.8) is 0 Å². The maximum Gasteiger partial charge on any atom is 0.224 e. The van der Waals surface area contributed by atoms with Gasteiger partial charge in [0.2, 0.25) is 5.91 Å². The lowest BCUT2D eigenvalue weighted by molar-refractivity contribution is -0.116. The Balaban J connectivity index is 1.48. The molecule has 2 aromatic rings. The first-order valence-corrected chi connectivity index (χ1v) is 9.91. The van der Waals surface area contributed by atoms with E-state index in [1.54, 1.807) is 11.3 Å². The smallest absolute Gasteiger partial charge is 0.224 e. The van der Waals surface area contributed by atoms with Gasteiger partial charge in [0.25, 0.3) is 0 Å². The zero-order valence-corrected chi connectivity index (χ0v) is 15.9. The molecule has 2 heterocycles. The average Bonchev–Trinajstić information content (AvgIpc) is 3.14. The van der Waals surface area contributed by atoms with Crippen molar-refractivity contribution in [2.75, 3.05) is 36.4 Å². The zero-order chi connectivity index (χ0) is 17.6. The summed E-state index contributed by atoms with van der Waals surface area (Å²) in [5.74, 6) is 0.0756. The fourth-order valence-electron chi connectivity index (χ4n) is 3.17. The molecule has 0 unspecified atom stereocenters. The third-order valence-corrected chi connectivity index (χ3v) is 5.68. The van der Waals surface area contributed by atoms with E-state index in [2.05, 4.69) is 47.2 Å². The lowest BCUT2D eigenvalue weighted by Gasteiger charge is -2.38. The molecule has 1 aliphatic rings. The molecule has 0 bridgehead atoms. The second-order valence-electron chi connectivity index (χ2n) is 6.79. The number of rotatable bonds is 6. The van der Waals surface area contributed by atoms with Gasteiger partial charge in [0.1, 0.15) is 0 Å². The molecule has 1 aromatic heterocycles. The largest absolute Gasteiger partial charge is 0.369 e. The fourth-order valence-corrected chi connectivity index (χ4v) is 3.88. The standard InChI is InChI=1S/C20H27N3OS/c1-16(2)22-11-13-23(14-12-22)18-7-5-17(6-8-18)21-20(24)10-9-19-4-3-15-25-19/h3-8,15-16H,9-14H2,1-2H3,(H,21,24). The van der Waals surface area contributed by atoms with Gasteiger partial charge in [0.05, 0.1) is 0 Å². The van der Waals surface area contributed by atoms with E-state index >= 15 is 0 Å². The van der Waals surface area contributed by atoms with Crippen LogP contribution >= 0.6 is 11.3 Å². The van der Waals surface area contributed by atoms with Crippen LogP contribution in [-0.4, -0.2) is 43.0 Å². The van der Waals surface area contributed by atoms with Crippen LogP contribution in [0.2, 0.25) is 0 Å². The molecule has 3 rings (SSSR count). The summed E-state index contributed by atoms with van der Waals surface area (Å²) in [7, 11) is 0. The summed E-state index contributed by atoms with van der Waals surface area (Å²) in [6.45, 7) is 8.85. The van der Waals surface area contributed by atoms with Crippen molar-refractivity contribution in [1.29, 1.82) is 0 Å². The van der Waals surface area contributed by atoms with Gasteiger partial charge in [-0.2, -0.15) is 0 Å². The topological polar surface area (TPSA) is 35.6 Å². The number of nitrogens with zero attached hydrogens (tertiary/aromatic N) is 2. The zero-order valence-electron chi connectivity index (χ0n) is 15.1. The van der Waals surface area contributed by atoms with Crippen molar-refractivity contribution in [2.45, 2.75) is 32.7 Å². The molecule has 4 nitrogen and oxygen atoms in total. The number of carbonyl (C=O) groups excluding carboxylic acids is 1. The predicted octanol–water partition coefficient (Wildman–Crippen LogP) is 3.85. The van der Waals surface area contributed by atoms with Crippen LogP contribution in [0.1, 0.15) is 25.1 Å². The summed E-state index contributed by atoms with van der Waals surface area (Å²) in [5, 5.41) is 5.04. The summed E-state index contributed by atoms with van der Waals surface area (Å²) in [5.41, 5.74) is 2.11. The number of anilines is 2. The number of amides is 1. The molecule has 1 N–H and O–H groups in total. The molecule has 1 aromatic carbocycles. The maximum atomic E-state index is 12.1. The van der Waals surface area contributed by atoms with E-state index in [9.17, 15) is 4.79 Å². The van der Waals surface area contributed by atoms with Crippen LogP contribution in [0.15, 0.2) is 41.8 Å². The molecule has 0 spiro atoms. The van der Waals surface area contributed by atoms with Crippen molar-refractivity contribution in [2.24, 2.45) is 0 Å². The van der Waals surface area contributed by atoms with E-state index in [4.69, 9.17) is 0 Å². The number of nitrogens with one attached hydrogen (secondary N) is 1. The summed E-state index contributed by atoms with van der Waals surface area (Å²) in [4.78, 5) is 18.3. The third-order valence-electron chi connectivity index (χ3n) is 4.74. The Kier molecular flexibility index (Phi) is 6.10. The second-order valence-corrected chi connectivity index (χ2v) is 7.82. The summed E-state index contributed by atoms with van der Waals surface area (Å²) < 4.78 is 0. The van der Waals surface area contributed by atoms with Crippen LogP contribution in [0.5, 0.6) is 0 Å². The van der Waals surface area contributed by atoms with Crippen molar-refractivity contribution in [3.8, 4) is 0 Å². The van der Waals surface area contributed by atoms with Crippen molar-refractivity contribution in [3.05, 3.63) is 46.7 Å².